The van der Waals surface area contributed by atoms with Gasteiger partial charge in [-0.1, -0.05) is 0 Å². The van der Waals surface area contributed by atoms with Crippen molar-refractivity contribution in [1.82, 2.24) is 10.2 Å². The number of aliphatic hydroxyl groups excluding tert-OH is 1. The van der Waals surface area contributed by atoms with Crippen molar-refractivity contribution < 1.29 is 19.8 Å². The zero-order valence-corrected chi connectivity index (χ0v) is 9.89. The van der Waals surface area contributed by atoms with Gasteiger partial charge in [-0.2, -0.15) is 0 Å². The van der Waals surface area contributed by atoms with Crippen LogP contribution in [-0.2, 0) is 9.59 Å². The van der Waals surface area contributed by atoms with Crippen molar-refractivity contribution in [3.63, 3.8) is 0 Å². The summed E-state index contributed by atoms with van der Waals surface area (Å²) in [6, 6.07) is 0.437. The van der Waals surface area contributed by atoms with Gasteiger partial charge in [0.1, 0.15) is 0 Å². The smallest absolute Gasteiger partial charge is 0.303 e. The van der Waals surface area contributed by atoms with E-state index in [0.717, 1.165) is 12.8 Å². The van der Waals surface area contributed by atoms with Crippen LogP contribution < -0.4 is 5.32 Å². The fourth-order valence-corrected chi connectivity index (χ4v) is 1.67. The second-order valence-electron chi connectivity index (χ2n) is 4.27. The minimum atomic E-state index is -0.848. The molecular weight excluding hydrogens is 224 g/mol. The van der Waals surface area contributed by atoms with Crippen molar-refractivity contribution >= 4 is 11.9 Å². The summed E-state index contributed by atoms with van der Waals surface area (Å²) in [6.07, 6.45) is 2.70. The standard InChI is InChI=1S/C11H20N2O4/c14-7-6-13(9-3-4-9)8-10(15)12-5-1-2-11(16)17/h9,14H,1-8H2,(H,12,15)(H,16,17). The van der Waals surface area contributed by atoms with Crippen LogP contribution in [0.2, 0.25) is 0 Å². The van der Waals surface area contributed by atoms with Gasteiger partial charge in [-0.25, -0.2) is 0 Å². The summed E-state index contributed by atoms with van der Waals surface area (Å²) in [5.41, 5.74) is 0. The van der Waals surface area contributed by atoms with Gasteiger partial charge in [-0.05, 0) is 19.3 Å². The number of rotatable bonds is 9. The minimum Gasteiger partial charge on any atom is -0.481 e. The highest BCUT2D eigenvalue weighted by molar-refractivity contribution is 5.78. The van der Waals surface area contributed by atoms with Crippen molar-refractivity contribution in [2.24, 2.45) is 0 Å². The number of carbonyl (C=O) groups is 2. The number of carboxylic acid groups (broad SMARTS) is 1. The molecule has 6 heteroatoms. The van der Waals surface area contributed by atoms with E-state index in [1.165, 1.54) is 0 Å². The summed E-state index contributed by atoms with van der Waals surface area (Å²) >= 11 is 0. The fourth-order valence-electron chi connectivity index (χ4n) is 1.67. The molecule has 98 valence electrons. The van der Waals surface area contributed by atoms with Crippen LogP contribution in [0, 0.1) is 0 Å². The van der Waals surface area contributed by atoms with Gasteiger partial charge in [0.25, 0.3) is 0 Å². The molecule has 0 heterocycles. The van der Waals surface area contributed by atoms with E-state index in [9.17, 15) is 9.59 Å². The zero-order chi connectivity index (χ0) is 12.7. The molecule has 17 heavy (non-hydrogen) atoms. The number of aliphatic hydroxyl groups is 1. The minimum absolute atomic E-state index is 0.0583. The van der Waals surface area contributed by atoms with Crippen LogP contribution in [0.3, 0.4) is 0 Å². The molecule has 3 N–H and O–H groups in total. The van der Waals surface area contributed by atoms with E-state index in [2.05, 4.69) is 5.32 Å². The number of hydrogen-bond donors (Lipinski definition) is 3. The Morgan fingerprint density at radius 1 is 1.35 bits per heavy atom. The highest BCUT2D eigenvalue weighted by atomic mass is 16.4. The summed E-state index contributed by atoms with van der Waals surface area (Å²) < 4.78 is 0. The normalized spacial score (nSPS) is 14.9. The molecule has 0 spiro atoms. The topological polar surface area (TPSA) is 89.9 Å². The molecule has 0 aromatic carbocycles. The van der Waals surface area contributed by atoms with Crippen LogP contribution in [-0.4, -0.2) is 59.3 Å². The quantitative estimate of drug-likeness (QED) is 0.472. The molecule has 1 saturated carbocycles. The molecule has 6 nitrogen and oxygen atoms in total. The molecule has 0 aliphatic heterocycles. The van der Waals surface area contributed by atoms with E-state index in [-0.39, 0.29) is 25.5 Å². The van der Waals surface area contributed by atoms with Gasteiger partial charge >= 0.3 is 5.97 Å². The molecule has 0 unspecified atom stereocenters. The number of carboxylic acids is 1. The number of hydrogen-bond acceptors (Lipinski definition) is 4. The molecule has 0 atom stereocenters. The Balaban J connectivity index is 2.11. The molecule has 0 saturated heterocycles. The van der Waals surface area contributed by atoms with Crippen LogP contribution in [0.4, 0.5) is 0 Å². The van der Waals surface area contributed by atoms with Crippen LogP contribution in [0.25, 0.3) is 0 Å². The number of amides is 1. The lowest BCUT2D eigenvalue weighted by Crippen LogP contribution is -2.40. The number of nitrogens with zero attached hydrogens (tertiary/aromatic N) is 1. The number of aliphatic carboxylic acids is 1. The first-order valence-electron chi connectivity index (χ1n) is 5.97. The molecule has 1 aliphatic rings. The molecule has 1 aliphatic carbocycles. The molecule has 0 aromatic rings. The summed E-state index contributed by atoms with van der Waals surface area (Å²) in [6.45, 7) is 1.26. The highest BCUT2D eigenvalue weighted by Gasteiger charge is 2.29. The van der Waals surface area contributed by atoms with Gasteiger partial charge in [-0.3, -0.25) is 14.5 Å². The summed E-state index contributed by atoms with van der Waals surface area (Å²) in [4.78, 5) is 23.7. The lowest BCUT2D eigenvalue weighted by atomic mass is 10.3. The van der Waals surface area contributed by atoms with E-state index in [1.54, 1.807) is 0 Å². The van der Waals surface area contributed by atoms with Crippen molar-refractivity contribution in [2.45, 2.75) is 31.7 Å². The van der Waals surface area contributed by atoms with Gasteiger partial charge < -0.3 is 15.5 Å². The Bertz CT molecular complexity index is 266. The van der Waals surface area contributed by atoms with E-state index in [1.807, 2.05) is 4.90 Å². The van der Waals surface area contributed by atoms with Crippen LogP contribution >= 0.6 is 0 Å². The lowest BCUT2D eigenvalue weighted by molar-refractivity contribution is -0.137. The predicted molar refractivity (Wildman–Crippen MR) is 61.6 cm³/mol. The lowest BCUT2D eigenvalue weighted by Gasteiger charge is -2.19. The highest BCUT2D eigenvalue weighted by Crippen LogP contribution is 2.25. The molecule has 0 aromatic heterocycles. The maximum atomic E-state index is 11.5. The van der Waals surface area contributed by atoms with Gasteiger partial charge in [0.2, 0.25) is 5.91 Å². The molecule has 0 bridgehead atoms. The Labute approximate surface area is 101 Å². The fraction of sp³-hybridized carbons (Fsp3) is 0.818. The zero-order valence-electron chi connectivity index (χ0n) is 9.89. The van der Waals surface area contributed by atoms with Gasteiger partial charge in [0.05, 0.1) is 13.2 Å². The summed E-state index contributed by atoms with van der Waals surface area (Å²) in [7, 11) is 0. The van der Waals surface area contributed by atoms with Crippen LogP contribution in [0.5, 0.6) is 0 Å². The largest absolute Gasteiger partial charge is 0.481 e. The Kier molecular flexibility index (Phi) is 5.93. The van der Waals surface area contributed by atoms with E-state index >= 15 is 0 Å². The predicted octanol–water partition coefficient (Wildman–Crippen LogP) is -0.576. The molecular formula is C11H20N2O4. The number of carbonyl (C=O) groups excluding carboxylic acids is 1. The first-order valence-corrected chi connectivity index (χ1v) is 5.97. The Hall–Kier alpha value is -1.14. The van der Waals surface area contributed by atoms with E-state index in [0.29, 0.717) is 25.6 Å². The van der Waals surface area contributed by atoms with Crippen LogP contribution in [0.15, 0.2) is 0 Å². The maximum absolute atomic E-state index is 11.5. The average Bonchev–Trinajstić information content (AvgIpc) is 3.07. The average molecular weight is 244 g/mol. The summed E-state index contributed by atoms with van der Waals surface area (Å²) in [5, 5.41) is 20.0. The van der Waals surface area contributed by atoms with Crippen molar-refractivity contribution in [3.8, 4) is 0 Å². The third kappa shape index (κ3) is 6.23. The first-order chi connectivity index (χ1) is 8.13. The third-order valence-corrected chi connectivity index (χ3v) is 2.69. The first kappa shape index (κ1) is 13.9. The Morgan fingerprint density at radius 2 is 2.06 bits per heavy atom. The van der Waals surface area contributed by atoms with Gasteiger partial charge in [0, 0.05) is 25.6 Å². The van der Waals surface area contributed by atoms with Gasteiger partial charge in [-0.15, -0.1) is 0 Å². The number of nitrogens with one attached hydrogen (secondary N) is 1. The van der Waals surface area contributed by atoms with Crippen molar-refractivity contribution in [2.75, 3.05) is 26.2 Å². The van der Waals surface area contributed by atoms with E-state index in [4.69, 9.17) is 10.2 Å². The van der Waals surface area contributed by atoms with Gasteiger partial charge in [0.15, 0.2) is 0 Å². The summed E-state index contributed by atoms with van der Waals surface area (Å²) in [5.74, 6) is -0.949. The third-order valence-electron chi connectivity index (χ3n) is 2.69. The van der Waals surface area contributed by atoms with Crippen molar-refractivity contribution in [3.05, 3.63) is 0 Å². The molecule has 1 amide bonds. The monoisotopic (exact) mass is 244 g/mol. The molecule has 1 rings (SSSR count). The van der Waals surface area contributed by atoms with Crippen molar-refractivity contribution in [1.29, 1.82) is 0 Å². The van der Waals surface area contributed by atoms with Crippen LogP contribution in [0.1, 0.15) is 25.7 Å². The molecule has 0 radical (unpaired) electrons. The second-order valence-corrected chi connectivity index (χ2v) is 4.27. The second kappa shape index (κ2) is 7.24. The SMILES string of the molecule is O=C(O)CCCNC(=O)CN(CCO)C1CC1. The maximum Gasteiger partial charge on any atom is 0.303 e. The Morgan fingerprint density at radius 3 is 2.59 bits per heavy atom. The van der Waals surface area contributed by atoms with E-state index < -0.39 is 5.97 Å². The molecule has 1 fully saturated rings.